The fraction of sp³-hybridized carbons (Fsp3) is 0.933. The second-order valence-corrected chi connectivity index (χ2v) is 6.89. The van der Waals surface area contributed by atoms with Crippen molar-refractivity contribution in [2.24, 2.45) is 17.3 Å². The molecule has 0 amide bonds. The summed E-state index contributed by atoms with van der Waals surface area (Å²) in [5.74, 6) is 1.72. The summed E-state index contributed by atoms with van der Waals surface area (Å²) in [6.45, 7) is 11.1. The van der Waals surface area contributed by atoms with E-state index in [1.165, 1.54) is 12.8 Å². The van der Waals surface area contributed by atoms with Gasteiger partial charge in [0.25, 0.3) is 0 Å². The zero-order valence-electron chi connectivity index (χ0n) is 12.0. The molecule has 2 nitrogen and oxygen atoms in total. The Hall–Kier alpha value is -0.370. The minimum absolute atomic E-state index is 0.283. The molecule has 0 aromatic carbocycles. The van der Waals surface area contributed by atoms with Gasteiger partial charge in [-0.3, -0.25) is 4.79 Å². The van der Waals surface area contributed by atoms with Gasteiger partial charge in [0.1, 0.15) is 5.78 Å². The first-order valence-electron chi connectivity index (χ1n) is 7.11. The van der Waals surface area contributed by atoms with E-state index in [1.807, 2.05) is 0 Å². The average molecular weight is 239 g/mol. The monoisotopic (exact) mass is 239 g/mol. The quantitative estimate of drug-likeness (QED) is 0.796. The normalized spacial score (nSPS) is 23.4. The van der Waals surface area contributed by atoms with E-state index in [-0.39, 0.29) is 5.41 Å². The van der Waals surface area contributed by atoms with E-state index < -0.39 is 0 Å². The van der Waals surface area contributed by atoms with Crippen molar-refractivity contribution >= 4 is 5.78 Å². The molecule has 1 aliphatic rings. The third kappa shape index (κ3) is 6.21. The summed E-state index contributed by atoms with van der Waals surface area (Å²) in [7, 11) is 0. The number of piperidine rings is 1. The van der Waals surface area contributed by atoms with Gasteiger partial charge in [0.2, 0.25) is 0 Å². The van der Waals surface area contributed by atoms with Gasteiger partial charge in [0, 0.05) is 12.8 Å². The van der Waals surface area contributed by atoms with Crippen molar-refractivity contribution < 1.29 is 4.79 Å². The largest absolute Gasteiger partial charge is 0.316 e. The van der Waals surface area contributed by atoms with Crippen LogP contribution in [0.15, 0.2) is 0 Å². The van der Waals surface area contributed by atoms with Crippen molar-refractivity contribution in [3.05, 3.63) is 0 Å². The van der Waals surface area contributed by atoms with Crippen molar-refractivity contribution in [3.8, 4) is 0 Å². The SMILES string of the molecule is CC(CC(=O)CCC(C)(C)C)C1CCCNC1. The maximum absolute atomic E-state index is 11.9. The highest BCUT2D eigenvalue weighted by Crippen LogP contribution is 2.25. The van der Waals surface area contributed by atoms with E-state index in [0.717, 1.165) is 32.4 Å². The van der Waals surface area contributed by atoms with Gasteiger partial charge >= 0.3 is 0 Å². The lowest BCUT2D eigenvalue weighted by Gasteiger charge is -2.28. The molecule has 1 N–H and O–H groups in total. The summed E-state index contributed by atoms with van der Waals surface area (Å²) in [6, 6.07) is 0. The molecule has 2 atom stereocenters. The Balaban J connectivity index is 2.25. The first-order chi connectivity index (χ1) is 7.88. The summed E-state index contributed by atoms with van der Waals surface area (Å²) in [5, 5.41) is 3.43. The van der Waals surface area contributed by atoms with Gasteiger partial charge in [0.05, 0.1) is 0 Å². The summed E-state index contributed by atoms with van der Waals surface area (Å²) in [5.41, 5.74) is 0.283. The van der Waals surface area contributed by atoms with Crippen molar-refractivity contribution in [2.45, 2.75) is 59.8 Å². The van der Waals surface area contributed by atoms with Gasteiger partial charge in [-0.15, -0.1) is 0 Å². The van der Waals surface area contributed by atoms with Crippen LogP contribution in [0.2, 0.25) is 0 Å². The van der Waals surface area contributed by atoms with Crippen molar-refractivity contribution in [1.82, 2.24) is 5.32 Å². The van der Waals surface area contributed by atoms with E-state index >= 15 is 0 Å². The molecule has 1 saturated heterocycles. The Morgan fingerprint density at radius 1 is 1.41 bits per heavy atom. The molecular formula is C15H29NO. The molecule has 0 radical (unpaired) electrons. The number of rotatable bonds is 5. The van der Waals surface area contributed by atoms with Gasteiger partial charge in [-0.1, -0.05) is 27.7 Å². The molecule has 2 unspecified atom stereocenters. The second-order valence-electron chi connectivity index (χ2n) is 6.89. The van der Waals surface area contributed by atoms with Crippen LogP contribution in [0.3, 0.4) is 0 Å². The first-order valence-corrected chi connectivity index (χ1v) is 7.11. The molecule has 1 heterocycles. The van der Waals surface area contributed by atoms with Crippen LogP contribution < -0.4 is 5.32 Å². The van der Waals surface area contributed by atoms with Crippen molar-refractivity contribution in [1.29, 1.82) is 0 Å². The Labute approximate surface area is 107 Å². The molecule has 0 aromatic heterocycles. The fourth-order valence-corrected chi connectivity index (χ4v) is 2.51. The summed E-state index contributed by atoms with van der Waals surface area (Å²) < 4.78 is 0. The van der Waals surface area contributed by atoms with Gasteiger partial charge in [-0.2, -0.15) is 0 Å². The topological polar surface area (TPSA) is 29.1 Å². The maximum atomic E-state index is 11.9. The Bertz CT molecular complexity index is 236. The zero-order valence-corrected chi connectivity index (χ0v) is 12.0. The average Bonchev–Trinajstić information content (AvgIpc) is 2.27. The third-order valence-corrected chi connectivity index (χ3v) is 3.84. The molecule has 17 heavy (non-hydrogen) atoms. The van der Waals surface area contributed by atoms with E-state index in [1.54, 1.807) is 0 Å². The second kappa shape index (κ2) is 6.53. The van der Waals surface area contributed by atoms with Crippen molar-refractivity contribution in [3.63, 3.8) is 0 Å². The number of carbonyl (C=O) groups is 1. The number of hydrogen-bond donors (Lipinski definition) is 1. The Morgan fingerprint density at radius 3 is 2.65 bits per heavy atom. The molecule has 0 bridgehead atoms. The molecule has 0 aliphatic carbocycles. The smallest absolute Gasteiger partial charge is 0.133 e. The van der Waals surface area contributed by atoms with Crippen LogP contribution >= 0.6 is 0 Å². The number of hydrogen-bond acceptors (Lipinski definition) is 2. The van der Waals surface area contributed by atoms with Gasteiger partial charge < -0.3 is 5.32 Å². The fourth-order valence-electron chi connectivity index (χ4n) is 2.51. The van der Waals surface area contributed by atoms with Crippen LogP contribution in [0, 0.1) is 17.3 Å². The lowest BCUT2D eigenvalue weighted by Crippen LogP contribution is -2.34. The minimum Gasteiger partial charge on any atom is -0.316 e. The van der Waals surface area contributed by atoms with E-state index in [2.05, 4.69) is 33.0 Å². The van der Waals surface area contributed by atoms with Gasteiger partial charge in [0.15, 0.2) is 0 Å². The predicted molar refractivity (Wildman–Crippen MR) is 73.1 cm³/mol. The highest BCUT2D eigenvalue weighted by atomic mass is 16.1. The molecule has 2 heteroatoms. The highest BCUT2D eigenvalue weighted by molar-refractivity contribution is 5.78. The van der Waals surface area contributed by atoms with E-state index in [0.29, 0.717) is 17.6 Å². The predicted octanol–water partition coefficient (Wildman–Crippen LogP) is 3.41. The van der Waals surface area contributed by atoms with Crippen LogP contribution in [0.4, 0.5) is 0 Å². The van der Waals surface area contributed by atoms with Gasteiger partial charge in [-0.25, -0.2) is 0 Å². The summed E-state index contributed by atoms with van der Waals surface area (Å²) >= 11 is 0. The van der Waals surface area contributed by atoms with Crippen molar-refractivity contribution in [2.75, 3.05) is 13.1 Å². The minimum atomic E-state index is 0.283. The molecule has 1 fully saturated rings. The summed E-state index contributed by atoms with van der Waals surface area (Å²) in [4.78, 5) is 11.9. The van der Waals surface area contributed by atoms with Crippen LogP contribution in [0.25, 0.3) is 0 Å². The zero-order chi connectivity index (χ0) is 12.9. The maximum Gasteiger partial charge on any atom is 0.133 e. The molecule has 0 aromatic rings. The molecule has 1 rings (SSSR count). The molecular weight excluding hydrogens is 210 g/mol. The first kappa shape index (κ1) is 14.7. The molecule has 100 valence electrons. The molecule has 0 saturated carbocycles. The lowest BCUT2D eigenvalue weighted by molar-refractivity contribution is -0.120. The van der Waals surface area contributed by atoms with Crippen LogP contribution in [0.1, 0.15) is 59.8 Å². The number of nitrogens with one attached hydrogen (secondary N) is 1. The van der Waals surface area contributed by atoms with Crippen LogP contribution in [-0.2, 0) is 4.79 Å². The number of Topliss-reactive ketones (excluding diaryl/α,β-unsaturated/α-hetero) is 1. The van der Waals surface area contributed by atoms with E-state index in [4.69, 9.17) is 0 Å². The standard InChI is InChI=1S/C15H29NO/c1-12(13-6-5-9-16-11-13)10-14(17)7-8-15(2,3)4/h12-13,16H,5-11H2,1-4H3. The van der Waals surface area contributed by atoms with E-state index in [9.17, 15) is 4.79 Å². The lowest BCUT2D eigenvalue weighted by atomic mass is 9.82. The summed E-state index contributed by atoms with van der Waals surface area (Å²) in [6.07, 6.45) is 5.11. The molecule has 0 spiro atoms. The number of ketones is 1. The highest BCUT2D eigenvalue weighted by Gasteiger charge is 2.22. The van der Waals surface area contributed by atoms with Gasteiger partial charge in [-0.05, 0) is 49.6 Å². The Kier molecular flexibility index (Phi) is 5.64. The third-order valence-electron chi connectivity index (χ3n) is 3.84. The van der Waals surface area contributed by atoms with Crippen LogP contribution in [0.5, 0.6) is 0 Å². The number of carbonyl (C=O) groups excluding carboxylic acids is 1. The van der Waals surface area contributed by atoms with Crippen LogP contribution in [-0.4, -0.2) is 18.9 Å². The Morgan fingerprint density at radius 2 is 2.12 bits per heavy atom. The molecule has 1 aliphatic heterocycles.